The zero-order valence-corrected chi connectivity index (χ0v) is 11.4. The van der Waals surface area contributed by atoms with Gasteiger partial charge in [-0.25, -0.2) is 0 Å². The fourth-order valence-electron chi connectivity index (χ4n) is 2.32. The minimum Gasteiger partial charge on any atom is -0.508 e. The third-order valence-electron chi connectivity index (χ3n) is 3.25. The van der Waals surface area contributed by atoms with Gasteiger partial charge in [0.2, 0.25) is 0 Å². The van der Waals surface area contributed by atoms with E-state index >= 15 is 0 Å². The number of ether oxygens (including phenoxy) is 1. The standard InChI is InChI=1S/C17H13NO3/c1-21-8-2-3-11-4-6-13-14-7-5-12(19)10-16(14)18-17(20)15(13)9-11/h4-7,9-10,19H,8H2,1H3,(H,18,20). The molecule has 0 radical (unpaired) electrons. The second kappa shape index (κ2) is 5.31. The van der Waals surface area contributed by atoms with Crippen LogP contribution in [0.3, 0.4) is 0 Å². The number of aromatic nitrogens is 1. The van der Waals surface area contributed by atoms with E-state index in [1.165, 1.54) is 0 Å². The number of phenols is 1. The minimum atomic E-state index is -0.196. The fraction of sp³-hybridized carbons (Fsp3) is 0.118. The highest BCUT2D eigenvalue weighted by molar-refractivity contribution is 6.05. The van der Waals surface area contributed by atoms with Gasteiger partial charge < -0.3 is 14.8 Å². The summed E-state index contributed by atoms with van der Waals surface area (Å²) in [5.74, 6) is 5.94. The van der Waals surface area contributed by atoms with Crippen LogP contribution >= 0.6 is 0 Å². The molecule has 2 aromatic carbocycles. The summed E-state index contributed by atoms with van der Waals surface area (Å²) in [4.78, 5) is 15.0. The Balaban J connectivity index is 2.26. The average Bonchev–Trinajstić information content (AvgIpc) is 2.47. The number of methoxy groups -OCH3 is 1. The van der Waals surface area contributed by atoms with Gasteiger partial charge >= 0.3 is 0 Å². The van der Waals surface area contributed by atoms with E-state index < -0.39 is 0 Å². The van der Waals surface area contributed by atoms with E-state index in [4.69, 9.17) is 4.74 Å². The monoisotopic (exact) mass is 279 g/mol. The van der Waals surface area contributed by atoms with Crippen LogP contribution in [-0.2, 0) is 4.74 Å². The van der Waals surface area contributed by atoms with Crippen LogP contribution in [0.4, 0.5) is 0 Å². The molecule has 0 unspecified atom stereocenters. The summed E-state index contributed by atoms with van der Waals surface area (Å²) in [6, 6.07) is 10.5. The molecule has 1 aromatic heterocycles. The number of benzene rings is 2. The molecular formula is C17H13NO3. The van der Waals surface area contributed by atoms with E-state index in [1.807, 2.05) is 12.1 Å². The number of aromatic hydroxyl groups is 1. The summed E-state index contributed by atoms with van der Waals surface area (Å²) in [6.45, 7) is 0.353. The first kappa shape index (κ1) is 13.2. The highest BCUT2D eigenvalue weighted by Crippen LogP contribution is 2.24. The summed E-state index contributed by atoms with van der Waals surface area (Å²) in [5, 5.41) is 11.8. The topological polar surface area (TPSA) is 62.3 Å². The van der Waals surface area contributed by atoms with E-state index in [9.17, 15) is 9.90 Å². The number of hydrogen-bond donors (Lipinski definition) is 2. The van der Waals surface area contributed by atoms with Gasteiger partial charge in [0, 0.05) is 29.5 Å². The van der Waals surface area contributed by atoms with Gasteiger partial charge in [0.15, 0.2) is 0 Å². The normalized spacial score (nSPS) is 10.5. The van der Waals surface area contributed by atoms with Gasteiger partial charge in [0.1, 0.15) is 12.4 Å². The first-order chi connectivity index (χ1) is 10.2. The molecule has 21 heavy (non-hydrogen) atoms. The smallest absolute Gasteiger partial charge is 0.256 e. The number of fused-ring (bicyclic) bond motifs is 3. The number of rotatable bonds is 1. The molecule has 0 aliphatic rings. The lowest BCUT2D eigenvalue weighted by Crippen LogP contribution is -2.06. The van der Waals surface area contributed by atoms with E-state index in [0.717, 1.165) is 16.3 Å². The molecule has 0 fully saturated rings. The molecule has 0 saturated heterocycles. The first-order valence-electron chi connectivity index (χ1n) is 6.45. The maximum absolute atomic E-state index is 12.2. The Morgan fingerprint density at radius 2 is 1.95 bits per heavy atom. The molecule has 0 spiro atoms. The van der Waals surface area contributed by atoms with Crippen LogP contribution in [0.2, 0.25) is 0 Å². The van der Waals surface area contributed by atoms with Gasteiger partial charge in [0.05, 0.1) is 5.52 Å². The summed E-state index contributed by atoms with van der Waals surface area (Å²) in [7, 11) is 1.58. The summed E-state index contributed by atoms with van der Waals surface area (Å²) >= 11 is 0. The number of aromatic amines is 1. The molecule has 0 aliphatic carbocycles. The fourth-order valence-corrected chi connectivity index (χ4v) is 2.32. The minimum absolute atomic E-state index is 0.125. The van der Waals surface area contributed by atoms with Crippen LogP contribution in [0.5, 0.6) is 5.75 Å². The van der Waals surface area contributed by atoms with Gasteiger partial charge in [-0.2, -0.15) is 0 Å². The summed E-state index contributed by atoms with van der Waals surface area (Å²) < 4.78 is 4.88. The highest BCUT2D eigenvalue weighted by atomic mass is 16.5. The van der Waals surface area contributed by atoms with Gasteiger partial charge in [-0.15, -0.1) is 0 Å². The number of pyridine rings is 1. The SMILES string of the molecule is COCC#Cc1ccc2c(c1)c(=O)[nH]c1cc(O)ccc12. The Labute approximate surface area is 121 Å². The van der Waals surface area contributed by atoms with Crippen molar-refractivity contribution in [1.29, 1.82) is 0 Å². The van der Waals surface area contributed by atoms with Crippen LogP contribution in [0.1, 0.15) is 5.56 Å². The maximum Gasteiger partial charge on any atom is 0.256 e. The van der Waals surface area contributed by atoms with Crippen molar-refractivity contribution in [3.63, 3.8) is 0 Å². The van der Waals surface area contributed by atoms with Crippen molar-refractivity contribution in [3.05, 3.63) is 52.3 Å². The molecule has 3 rings (SSSR count). The summed E-state index contributed by atoms with van der Waals surface area (Å²) in [6.07, 6.45) is 0. The quantitative estimate of drug-likeness (QED) is 0.531. The lowest BCUT2D eigenvalue weighted by atomic mass is 10.0. The lowest BCUT2D eigenvalue weighted by Gasteiger charge is -2.04. The predicted molar refractivity (Wildman–Crippen MR) is 82.5 cm³/mol. The molecular weight excluding hydrogens is 266 g/mol. The molecule has 2 N–H and O–H groups in total. The number of hydrogen-bond acceptors (Lipinski definition) is 3. The van der Waals surface area contributed by atoms with Crippen molar-refractivity contribution in [2.45, 2.75) is 0 Å². The van der Waals surface area contributed by atoms with Gasteiger partial charge in [-0.05, 0) is 29.7 Å². The molecule has 4 nitrogen and oxygen atoms in total. The molecule has 0 atom stereocenters. The average molecular weight is 279 g/mol. The third-order valence-corrected chi connectivity index (χ3v) is 3.25. The number of H-pyrrole nitrogens is 1. The van der Waals surface area contributed by atoms with Crippen molar-refractivity contribution in [3.8, 4) is 17.6 Å². The highest BCUT2D eigenvalue weighted by Gasteiger charge is 2.06. The van der Waals surface area contributed by atoms with Crippen molar-refractivity contribution in [2.24, 2.45) is 0 Å². The van der Waals surface area contributed by atoms with Gasteiger partial charge in [0.25, 0.3) is 5.56 Å². The molecule has 104 valence electrons. The van der Waals surface area contributed by atoms with Crippen molar-refractivity contribution in [2.75, 3.05) is 13.7 Å². The maximum atomic E-state index is 12.2. The van der Waals surface area contributed by atoms with Crippen LogP contribution in [-0.4, -0.2) is 23.8 Å². The zero-order valence-electron chi connectivity index (χ0n) is 11.4. The third kappa shape index (κ3) is 2.47. The van der Waals surface area contributed by atoms with E-state index in [0.29, 0.717) is 17.5 Å². The Bertz CT molecular complexity index is 945. The number of nitrogens with one attached hydrogen (secondary N) is 1. The number of phenolic OH excluding ortho intramolecular Hbond substituents is 1. The molecule has 4 heteroatoms. The van der Waals surface area contributed by atoms with Crippen LogP contribution in [0.15, 0.2) is 41.2 Å². The summed E-state index contributed by atoms with van der Waals surface area (Å²) in [5.41, 5.74) is 1.19. The molecule has 0 bridgehead atoms. The second-order valence-electron chi connectivity index (χ2n) is 4.68. The van der Waals surface area contributed by atoms with Crippen molar-refractivity contribution >= 4 is 21.7 Å². The van der Waals surface area contributed by atoms with Crippen LogP contribution < -0.4 is 5.56 Å². The van der Waals surface area contributed by atoms with E-state index in [1.54, 1.807) is 31.4 Å². The molecule has 0 saturated carbocycles. The van der Waals surface area contributed by atoms with Crippen LogP contribution in [0.25, 0.3) is 21.7 Å². The Morgan fingerprint density at radius 3 is 2.76 bits per heavy atom. The lowest BCUT2D eigenvalue weighted by molar-refractivity contribution is 0.240. The molecule has 1 heterocycles. The van der Waals surface area contributed by atoms with E-state index in [2.05, 4.69) is 16.8 Å². The largest absolute Gasteiger partial charge is 0.508 e. The van der Waals surface area contributed by atoms with Gasteiger partial charge in [-0.3, -0.25) is 4.79 Å². The molecule has 0 amide bonds. The predicted octanol–water partition coefficient (Wildman–Crippen LogP) is 2.38. The molecule has 0 aliphatic heterocycles. The van der Waals surface area contributed by atoms with Crippen LogP contribution in [0, 0.1) is 11.8 Å². The Morgan fingerprint density at radius 1 is 1.14 bits per heavy atom. The Kier molecular flexibility index (Phi) is 3.35. The second-order valence-corrected chi connectivity index (χ2v) is 4.68. The zero-order chi connectivity index (χ0) is 14.8. The Hall–Kier alpha value is -2.77. The van der Waals surface area contributed by atoms with Crippen molar-refractivity contribution in [1.82, 2.24) is 4.98 Å². The van der Waals surface area contributed by atoms with E-state index in [-0.39, 0.29) is 11.3 Å². The van der Waals surface area contributed by atoms with Gasteiger partial charge in [-0.1, -0.05) is 17.9 Å². The van der Waals surface area contributed by atoms with Crippen molar-refractivity contribution < 1.29 is 9.84 Å². The molecule has 3 aromatic rings. The first-order valence-corrected chi connectivity index (χ1v) is 6.45.